The standard InChI is InChI=1S/C20H20F2N2O2S/c1-20(19(26)23-16-5-3-4-6-17(16)27-2)9-10-24(20)18(25)12-13-11-14(21)7-8-15(13)22/h3-8,11H,9-10,12H2,1-2H3,(H,23,26). The van der Waals surface area contributed by atoms with Gasteiger partial charge in [-0.3, -0.25) is 9.59 Å². The average molecular weight is 390 g/mol. The molecule has 1 heterocycles. The molecule has 0 radical (unpaired) electrons. The van der Waals surface area contributed by atoms with Crippen LogP contribution in [-0.2, 0) is 16.0 Å². The molecule has 1 aliphatic heterocycles. The van der Waals surface area contributed by atoms with Gasteiger partial charge in [-0.05, 0) is 49.9 Å². The summed E-state index contributed by atoms with van der Waals surface area (Å²) in [6.45, 7) is 2.09. The first kappa shape index (κ1) is 19.4. The van der Waals surface area contributed by atoms with Gasteiger partial charge in [0, 0.05) is 17.0 Å². The Balaban J connectivity index is 1.73. The Morgan fingerprint density at radius 2 is 1.96 bits per heavy atom. The number of thioether (sulfide) groups is 1. The largest absolute Gasteiger partial charge is 0.328 e. The summed E-state index contributed by atoms with van der Waals surface area (Å²) < 4.78 is 27.1. The zero-order valence-electron chi connectivity index (χ0n) is 15.1. The van der Waals surface area contributed by atoms with Crippen molar-refractivity contribution in [3.05, 3.63) is 59.7 Å². The van der Waals surface area contributed by atoms with Crippen LogP contribution < -0.4 is 5.32 Å². The first-order valence-corrected chi connectivity index (χ1v) is 9.76. The van der Waals surface area contributed by atoms with Gasteiger partial charge in [0.2, 0.25) is 11.8 Å². The van der Waals surface area contributed by atoms with Gasteiger partial charge in [-0.15, -0.1) is 11.8 Å². The quantitative estimate of drug-likeness (QED) is 0.789. The summed E-state index contributed by atoms with van der Waals surface area (Å²) in [6, 6.07) is 10.4. The van der Waals surface area contributed by atoms with Crippen LogP contribution in [0, 0.1) is 11.6 Å². The van der Waals surface area contributed by atoms with E-state index in [9.17, 15) is 18.4 Å². The molecule has 1 unspecified atom stereocenters. The molecule has 1 N–H and O–H groups in total. The molecule has 27 heavy (non-hydrogen) atoms. The van der Waals surface area contributed by atoms with Crippen molar-refractivity contribution in [2.45, 2.75) is 30.2 Å². The normalized spacial score (nSPS) is 18.7. The third-order valence-electron chi connectivity index (χ3n) is 4.91. The highest BCUT2D eigenvalue weighted by atomic mass is 32.2. The van der Waals surface area contributed by atoms with E-state index >= 15 is 0 Å². The molecule has 4 nitrogen and oxygen atoms in total. The van der Waals surface area contributed by atoms with Crippen LogP contribution in [0.2, 0.25) is 0 Å². The van der Waals surface area contributed by atoms with E-state index in [1.807, 2.05) is 24.5 Å². The highest BCUT2D eigenvalue weighted by molar-refractivity contribution is 7.98. The van der Waals surface area contributed by atoms with Crippen molar-refractivity contribution < 1.29 is 18.4 Å². The number of halogens is 2. The summed E-state index contributed by atoms with van der Waals surface area (Å²) in [6.07, 6.45) is 2.14. The second-order valence-electron chi connectivity index (χ2n) is 6.64. The summed E-state index contributed by atoms with van der Waals surface area (Å²) in [4.78, 5) is 27.8. The lowest BCUT2D eigenvalue weighted by atomic mass is 9.84. The number of rotatable bonds is 5. The number of anilines is 1. The highest BCUT2D eigenvalue weighted by Gasteiger charge is 2.49. The van der Waals surface area contributed by atoms with Gasteiger partial charge in [-0.25, -0.2) is 8.78 Å². The molecule has 1 aliphatic rings. The molecule has 2 amide bonds. The van der Waals surface area contributed by atoms with Crippen LogP contribution in [0.1, 0.15) is 18.9 Å². The lowest BCUT2D eigenvalue weighted by Crippen LogP contribution is -2.66. The molecular weight excluding hydrogens is 370 g/mol. The van der Waals surface area contributed by atoms with Crippen molar-refractivity contribution in [2.24, 2.45) is 0 Å². The molecule has 0 aliphatic carbocycles. The summed E-state index contributed by atoms with van der Waals surface area (Å²) in [5, 5.41) is 2.89. The van der Waals surface area contributed by atoms with Gasteiger partial charge in [-0.1, -0.05) is 12.1 Å². The Labute approximate surface area is 160 Å². The van der Waals surface area contributed by atoms with Crippen molar-refractivity contribution in [3.63, 3.8) is 0 Å². The van der Waals surface area contributed by atoms with Crippen LogP contribution in [0.25, 0.3) is 0 Å². The number of carbonyl (C=O) groups excluding carboxylic acids is 2. The molecule has 0 aromatic heterocycles. The molecule has 0 saturated carbocycles. The van der Waals surface area contributed by atoms with E-state index in [4.69, 9.17) is 0 Å². The van der Waals surface area contributed by atoms with E-state index in [-0.39, 0.29) is 17.9 Å². The molecule has 2 aromatic rings. The number of nitrogens with zero attached hydrogens (tertiary/aromatic N) is 1. The lowest BCUT2D eigenvalue weighted by Gasteiger charge is -2.49. The first-order chi connectivity index (χ1) is 12.8. The van der Waals surface area contributed by atoms with E-state index < -0.39 is 23.1 Å². The maximum absolute atomic E-state index is 13.8. The predicted octanol–water partition coefficient (Wildman–Crippen LogP) is 3.86. The van der Waals surface area contributed by atoms with Gasteiger partial charge < -0.3 is 10.2 Å². The molecular formula is C20H20F2N2O2S. The number of amides is 2. The van der Waals surface area contributed by atoms with Crippen molar-refractivity contribution in [2.75, 3.05) is 18.1 Å². The van der Waals surface area contributed by atoms with E-state index in [0.29, 0.717) is 18.7 Å². The number of hydrogen-bond donors (Lipinski definition) is 1. The van der Waals surface area contributed by atoms with Crippen molar-refractivity contribution >= 4 is 29.3 Å². The number of para-hydroxylation sites is 1. The number of hydrogen-bond acceptors (Lipinski definition) is 3. The van der Waals surface area contributed by atoms with Crippen LogP contribution in [0.3, 0.4) is 0 Å². The van der Waals surface area contributed by atoms with Crippen LogP contribution in [-0.4, -0.2) is 35.1 Å². The zero-order valence-corrected chi connectivity index (χ0v) is 15.9. The summed E-state index contributed by atoms with van der Waals surface area (Å²) in [7, 11) is 0. The number of nitrogens with one attached hydrogen (secondary N) is 1. The Bertz CT molecular complexity index is 890. The monoisotopic (exact) mass is 390 g/mol. The minimum Gasteiger partial charge on any atom is -0.328 e. The van der Waals surface area contributed by atoms with E-state index in [0.717, 1.165) is 23.1 Å². The van der Waals surface area contributed by atoms with Crippen LogP contribution in [0.4, 0.5) is 14.5 Å². The molecule has 0 bridgehead atoms. The van der Waals surface area contributed by atoms with Crippen molar-refractivity contribution in [3.8, 4) is 0 Å². The summed E-state index contributed by atoms with van der Waals surface area (Å²) in [5.74, 6) is -1.92. The minimum atomic E-state index is -1.01. The van der Waals surface area contributed by atoms with Gasteiger partial charge in [0.25, 0.3) is 0 Å². The van der Waals surface area contributed by atoms with E-state index in [1.165, 1.54) is 16.7 Å². The maximum Gasteiger partial charge on any atom is 0.250 e. The van der Waals surface area contributed by atoms with Gasteiger partial charge in [0.1, 0.15) is 17.2 Å². The number of likely N-dealkylation sites (tertiary alicyclic amines) is 1. The van der Waals surface area contributed by atoms with Gasteiger partial charge >= 0.3 is 0 Å². The molecule has 3 rings (SSSR count). The van der Waals surface area contributed by atoms with Crippen molar-refractivity contribution in [1.29, 1.82) is 0 Å². The van der Waals surface area contributed by atoms with Crippen molar-refractivity contribution in [1.82, 2.24) is 4.90 Å². The Hall–Kier alpha value is -2.41. The third kappa shape index (κ3) is 3.83. The van der Waals surface area contributed by atoms with E-state index in [1.54, 1.807) is 13.0 Å². The highest BCUT2D eigenvalue weighted by Crippen LogP contribution is 2.34. The molecule has 1 saturated heterocycles. The number of benzene rings is 2. The fourth-order valence-electron chi connectivity index (χ4n) is 3.14. The summed E-state index contributed by atoms with van der Waals surface area (Å²) in [5.41, 5.74) is -0.332. The molecule has 7 heteroatoms. The lowest BCUT2D eigenvalue weighted by molar-refractivity contribution is -0.154. The fourth-order valence-corrected chi connectivity index (χ4v) is 3.69. The second-order valence-corrected chi connectivity index (χ2v) is 7.48. The fraction of sp³-hybridized carbons (Fsp3) is 0.300. The Morgan fingerprint density at radius 3 is 2.63 bits per heavy atom. The smallest absolute Gasteiger partial charge is 0.250 e. The topological polar surface area (TPSA) is 49.4 Å². The maximum atomic E-state index is 13.8. The molecule has 1 fully saturated rings. The van der Waals surface area contributed by atoms with Crippen LogP contribution in [0.15, 0.2) is 47.4 Å². The van der Waals surface area contributed by atoms with Gasteiger partial charge in [0.05, 0.1) is 12.1 Å². The summed E-state index contributed by atoms with van der Waals surface area (Å²) >= 11 is 1.51. The first-order valence-electron chi connectivity index (χ1n) is 8.54. The molecule has 0 spiro atoms. The molecule has 142 valence electrons. The SMILES string of the molecule is CSc1ccccc1NC(=O)C1(C)CCN1C(=O)Cc1cc(F)ccc1F. The van der Waals surface area contributed by atoms with Gasteiger partial charge in [0.15, 0.2) is 0 Å². The Morgan fingerprint density at radius 1 is 1.22 bits per heavy atom. The Kier molecular flexibility index (Phi) is 5.51. The zero-order chi connectivity index (χ0) is 19.6. The average Bonchev–Trinajstić information content (AvgIpc) is 2.63. The van der Waals surface area contributed by atoms with Crippen LogP contribution >= 0.6 is 11.8 Å². The number of carbonyl (C=O) groups is 2. The van der Waals surface area contributed by atoms with E-state index in [2.05, 4.69) is 5.32 Å². The third-order valence-corrected chi connectivity index (χ3v) is 5.71. The molecule has 1 atom stereocenters. The predicted molar refractivity (Wildman–Crippen MR) is 102 cm³/mol. The molecule has 2 aromatic carbocycles. The minimum absolute atomic E-state index is 0.0117. The second kappa shape index (κ2) is 7.68. The van der Waals surface area contributed by atoms with Gasteiger partial charge in [-0.2, -0.15) is 0 Å². The van der Waals surface area contributed by atoms with Crippen LogP contribution in [0.5, 0.6) is 0 Å².